The number of hydrogen-bond acceptors (Lipinski definition) is 3. The Labute approximate surface area is 88.8 Å². The highest BCUT2D eigenvalue weighted by Gasteiger charge is 2.05. The minimum Gasteiger partial charge on any atom is -0.326 e. The van der Waals surface area contributed by atoms with Gasteiger partial charge in [0.1, 0.15) is 12.2 Å². The first kappa shape index (κ1) is 9.86. The van der Waals surface area contributed by atoms with E-state index < -0.39 is 0 Å². The fraction of sp³-hybridized carbons (Fsp3) is 0.273. The molecule has 1 heterocycles. The molecule has 0 aliphatic rings. The summed E-state index contributed by atoms with van der Waals surface area (Å²) in [6.45, 7) is 4.43. The summed E-state index contributed by atoms with van der Waals surface area (Å²) >= 11 is 0. The molecule has 0 aliphatic carbocycles. The Morgan fingerprint density at radius 2 is 2.13 bits per heavy atom. The van der Waals surface area contributed by atoms with Crippen LogP contribution in [0.2, 0.25) is 0 Å². The molecule has 0 saturated heterocycles. The van der Waals surface area contributed by atoms with Gasteiger partial charge in [-0.15, -0.1) is 0 Å². The maximum absolute atomic E-state index is 5.68. The van der Waals surface area contributed by atoms with Crippen molar-refractivity contribution in [3.63, 3.8) is 0 Å². The number of benzene rings is 1. The van der Waals surface area contributed by atoms with E-state index in [-0.39, 0.29) is 0 Å². The van der Waals surface area contributed by atoms with Gasteiger partial charge in [0, 0.05) is 6.54 Å². The van der Waals surface area contributed by atoms with Gasteiger partial charge in [-0.2, -0.15) is 5.10 Å². The summed E-state index contributed by atoms with van der Waals surface area (Å²) < 4.78 is 1.77. The van der Waals surface area contributed by atoms with Gasteiger partial charge in [0.2, 0.25) is 0 Å². The van der Waals surface area contributed by atoms with Crippen LogP contribution in [0.5, 0.6) is 0 Å². The van der Waals surface area contributed by atoms with Gasteiger partial charge < -0.3 is 5.73 Å². The Morgan fingerprint density at radius 1 is 1.33 bits per heavy atom. The smallest absolute Gasteiger partial charge is 0.147 e. The highest BCUT2D eigenvalue weighted by atomic mass is 15.3. The third-order valence-electron chi connectivity index (χ3n) is 2.31. The number of aromatic nitrogens is 3. The molecule has 2 aromatic rings. The van der Waals surface area contributed by atoms with Crippen molar-refractivity contribution in [2.75, 3.05) is 0 Å². The van der Waals surface area contributed by atoms with Gasteiger partial charge in [-0.1, -0.05) is 12.1 Å². The molecule has 0 unspecified atom stereocenters. The van der Waals surface area contributed by atoms with Crippen molar-refractivity contribution < 1.29 is 0 Å². The van der Waals surface area contributed by atoms with Gasteiger partial charge in [0.15, 0.2) is 0 Å². The minimum atomic E-state index is 0.508. The monoisotopic (exact) mass is 202 g/mol. The Kier molecular flexibility index (Phi) is 2.51. The van der Waals surface area contributed by atoms with Crippen molar-refractivity contribution in [2.24, 2.45) is 5.73 Å². The summed E-state index contributed by atoms with van der Waals surface area (Å²) in [5.74, 6) is 0.763. The zero-order valence-electron chi connectivity index (χ0n) is 8.94. The normalized spacial score (nSPS) is 10.6. The quantitative estimate of drug-likeness (QED) is 0.799. The Balaban J connectivity index is 2.55. The Hall–Kier alpha value is -1.68. The van der Waals surface area contributed by atoms with Crippen LogP contribution in [-0.2, 0) is 6.54 Å². The second kappa shape index (κ2) is 3.82. The lowest BCUT2D eigenvalue weighted by atomic mass is 10.1. The summed E-state index contributed by atoms with van der Waals surface area (Å²) in [7, 11) is 0. The van der Waals surface area contributed by atoms with E-state index in [1.807, 2.05) is 19.9 Å². The number of rotatable bonds is 2. The predicted molar refractivity (Wildman–Crippen MR) is 58.7 cm³/mol. The van der Waals surface area contributed by atoms with Crippen LogP contribution in [0.3, 0.4) is 0 Å². The van der Waals surface area contributed by atoms with Crippen LogP contribution < -0.4 is 5.73 Å². The highest BCUT2D eigenvalue weighted by molar-refractivity contribution is 5.42. The average molecular weight is 202 g/mol. The third-order valence-corrected chi connectivity index (χ3v) is 2.31. The van der Waals surface area contributed by atoms with Gasteiger partial charge in [0.25, 0.3) is 0 Å². The number of nitrogens with two attached hydrogens (primary N) is 1. The molecule has 2 N–H and O–H groups in total. The molecule has 2 rings (SSSR count). The average Bonchev–Trinajstić information content (AvgIpc) is 2.65. The van der Waals surface area contributed by atoms with Crippen LogP contribution >= 0.6 is 0 Å². The minimum absolute atomic E-state index is 0.508. The van der Waals surface area contributed by atoms with Crippen molar-refractivity contribution in [2.45, 2.75) is 20.4 Å². The molecule has 0 amide bonds. The van der Waals surface area contributed by atoms with Gasteiger partial charge in [0.05, 0.1) is 5.69 Å². The van der Waals surface area contributed by atoms with Crippen LogP contribution in [-0.4, -0.2) is 14.8 Å². The van der Waals surface area contributed by atoms with Gasteiger partial charge in [-0.3, -0.25) is 0 Å². The zero-order chi connectivity index (χ0) is 10.8. The molecule has 0 spiro atoms. The van der Waals surface area contributed by atoms with E-state index in [4.69, 9.17) is 5.73 Å². The highest BCUT2D eigenvalue weighted by Crippen LogP contribution is 2.15. The molecular weight excluding hydrogens is 188 g/mol. The van der Waals surface area contributed by atoms with E-state index in [1.165, 1.54) is 5.56 Å². The summed E-state index contributed by atoms with van der Waals surface area (Å²) in [6.07, 6.45) is 1.71. The first-order valence-electron chi connectivity index (χ1n) is 4.89. The number of hydrogen-bond donors (Lipinski definition) is 1. The third kappa shape index (κ3) is 1.89. The molecule has 78 valence electrons. The van der Waals surface area contributed by atoms with Crippen LogP contribution in [0.1, 0.15) is 17.0 Å². The second-order valence-corrected chi connectivity index (χ2v) is 3.57. The van der Waals surface area contributed by atoms with E-state index in [0.29, 0.717) is 6.54 Å². The molecule has 0 aliphatic heterocycles. The number of aryl methyl sites for hydroxylation is 2. The van der Waals surface area contributed by atoms with E-state index in [9.17, 15) is 0 Å². The molecule has 1 aromatic heterocycles. The largest absolute Gasteiger partial charge is 0.326 e. The van der Waals surface area contributed by atoms with Gasteiger partial charge >= 0.3 is 0 Å². The zero-order valence-corrected chi connectivity index (χ0v) is 8.94. The molecule has 4 heteroatoms. The van der Waals surface area contributed by atoms with Crippen LogP contribution in [0, 0.1) is 13.8 Å². The van der Waals surface area contributed by atoms with Crippen molar-refractivity contribution in [3.8, 4) is 5.69 Å². The maximum atomic E-state index is 5.68. The Morgan fingerprint density at radius 3 is 2.73 bits per heavy atom. The maximum Gasteiger partial charge on any atom is 0.147 e. The van der Waals surface area contributed by atoms with Crippen LogP contribution in [0.25, 0.3) is 5.69 Å². The molecule has 1 aromatic carbocycles. The summed E-state index contributed by atoms with van der Waals surface area (Å²) in [6, 6.07) is 6.15. The second-order valence-electron chi connectivity index (χ2n) is 3.57. The topological polar surface area (TPSA) is 56.7 Å². The Bertz CT molecular complexity index is 473. The lowest BCUT2D eigenvalue weighted by Gasteiger charge is -2.07. The first-order chi connectivity index (χ1) is 7.20. The van der Waals surface area contributed by atoms with E-state index in [1.54, 1.807) is 11.0 Å². The molecule has 4 nitrogen and oxygen atoms in total. The van der Waals surface area contributed by atoms with Crippen LogP contribution in [0.15, 0.2) is 24.5 Å². The lowest BCUT2D eigenvalue weighted by Crippen LogP contribution is -2.05. The van der Waals surface area contributed by atoms with Crippen molar-refractivity contribution in [3.05, 3.63) is 41.5 Å². The van der Waals surface area contributed by atoms with E-state index in [2.05, 4.69) is 22.2 Å². The molecule has 0 saturated carbocycles. The summed E-state index contributed by atoms with van der Waals surface area (Å²) in [5, 5.41) is 4.28. The van der Waals surface area contributed by atoms with E-state index in [0.717, 1.165) is 17.1 Å². The number of nitrogens with zero attached hydrogens (tertiary/aromatic N) is 3. The van der Waals surface area contributed by atoms with Gasteiger partial charge in [-0.25, -0.2) is 9.67 Å². The fourth-order valence-electron chi connectivity index (χ4n) is 1.52. The molecule has 0 bridgehead atoms. The predicted octanol–water partition coefficient (Wildman–Crippen LogP) is 1.34. The van der Waals surface area contributed by atoms with Crippen molar-refractivity contribution in [1.82, 2.24) is 14.8 Å². The summed E-state index contributed by atoms with van der Waals surface area (Å²) in [4.78, 5) is 4.11. The molecule has 15 heavy (non-hydrogen) atoms. The summed E-state index contributed by atoms with van der Waals surface area (Å²) in [5.41, 5.74) is 8.96. The van der Waals surface area contributed by atoms with Crippen molar-refractivity contribution in [1.29, 1.82) is 0 Å². The molecule has 0 fully saturated rings. The fourth-order valence-corrected chi connectivity index (χ4v) is 1.52. The van der Waals surface area contributed by atoms with E-state index >= 15 is 0 Å². The van der Waals surface area contributed by atoms with Crippen LogP contribution in [0.4, 0.5) is 0 Å². The molecule has 0 atom stereocenters. The first-order valence-corrected chi connectivity index (χ1v) is 4.89. The SMILES string of the molecule is Cc1ccc(CN)c(-n2cnc(C)n2)c1. The van der Waals surface area contributed by atoms with Crippen molar-refractivity contribution >= 4 is 0 Å². The molecular formula is C11H14N4. The van der Waals surface area contributed by atoms with Gasteiger partial charge in [-0.05, 0) is 31.0 Å². The lowest BCUT2D eigenvalue weighted by molar-refractivity contribution is 0.842. The standard InChI is InChI=1S/C11H14N4/c1-8-3-4-10(6-12)11(5-8)15-7-13-9(2)14-15/h3-5,7H,6,12H2,1-2H3. The molecule has 0 radical (unpaired) electrons.